The predicted octanol–water partition coefficient (Wildman–Crippen LogP) is 1.20. The minimum atomic E-state index is -0.422. The van der Waals surface area contributed by atoms with Crippen molar-refractivity contribution in [3.05, 3.63) is 28.6 Å². The van der Waals surface area contributed by atoms with Crippen molar-refractivity contribution in [3.8, 4) is 0 Å². The molecular weight excluding hydrogens is 222 g/mol. The van der Waals surface area contributed by atoms with Gasteiger partial charge in [-0.2, -0.15) is 0 Å². The van der Waals surface area contributed by atoms with Crippen LogP contribution in [0.2, 0.25) is 0 Å². The van der Waals surface area contributed by atoms with E-state index in [0.29, 0.717) is 11.6 Å². The molecule has 0 spiro atoms. The summed E-state index contributed by atoms with van der Waals surface area (Å²) >= 11 is 0. The zero-order valence-corrected chi connectivity index (χ0v) is 9.61. The quantitative estimate of drug-likeness (QED) is 0.628. The Balaban J connectivity index is 2.08. The van der Waals surface area contributed by atoms with E-state index in [4.69, 9.17) is 0 Å². The molecule has 0 bridgehead atoms. The standard InChI is InChI=1S/C11H15N3O3/c1-13(7-8-4-9(15)5-8)10-2-3-12-6-11(10)14(16)17/h2-3,6,8-9,15H,4-5,7H2,1H3. The molecule has 17 heavy (non-hydrogen) atoms. The van der Waals surface area contributed by atoms with Crippen molar-refractivity contribution in [1.29, 1.82) is 0 Å². The smallest absolute Gasteiger partial charge is 0.310 e. The molecule has 0 amide bonds. The molecular formula is C11H15N3O3. The second-order valence-corrected chi connectivity index (χ2v) is 4.49. The van der Waals surface area contributed by atoms with Crippen LogP contribution >= 0.6 is 0 Å². The Bertz CT molecular complexity index is 418. The number of nitrogens with zero attached hydrogens (tertiary/aromatic N) is 3. The third-order valence-corrected chi connectivity index (χ3v) is 3.13. The van der Waals surface area contributed by atoms with Crippen molar-refractivity contribution in [1.82, 2.24) is 4.98 Å². The van der Waals surface area contributed by atoms with Gasteiger partial charge in [0.05, 0.1) is 11.0 Å². The van der Waals surface area contributed by atoms with Crippen LogP contribution in [0.15, 0.2) is 18.5 Å². The van der Waals surface area contributed by atoms with Gasteiger partial charge < -0.3 is 10.0 Å². The fourth-order valence-corrected chi connectivity index (χ4v) is 2.18. The third kappa shape index (κ3) is 2.52. The Morgan fingerprint density at radius 1 is 1.65 bits per heavy atom. The average Bonchev–Trinajstić information content (AvgIpc) is 2.27. The first-order valence-corrected chi connectivity index (χ1v) is 5.55. The van der Waals surface area contributed by atoms with Gasteiger partial charge in [-0.25, -0.2) is 0 Å². The SMILES string of the molecule is CN(CC1CC(O)C1)c1ccncc1[N+](=O)[O-]. The first-order chi connectivity index (χ1) is 8.08. The summed E-state index contributed by atoms with van der Waals surface area (Å²) in [7, 11) is 1.83. The van der Waals surface area contributed by atoms with Crippen molar-refractivity contribution in [2.45, 2.75) is 18.9 Å². The monoisotopic (exact) mass is 237 g/mol. The third-order valence-electron chi connectivity index (χ3n) is 3.13. The van der Waals surface area contributed by atoms with E-state index in [2.05, 4.69) is 4.98 Å². The van der Waals surface area contributed by atoms with Gasteiger partial charge in [-0.15, -0.1) is 0 Å². The van der Waals surface area contributed by atoms with Gasteiger partial charge >= 0.3 is 5.69 Å². The van der Waals surface area contributed by atoms with Crippen molar-refractivity contribution in [2.24, 2.45) is 5.92 Å². The maximum absolute atomic E-state index is 10.8. The van der Waals surface area contributed by atoms with E-state index in [-0.39, 0.29) is 11.8 Å². The first kappa shape index (κ1) is 11.8. The highest BCUT2D eigenvalue weighted by Crippen LogP contribution is 2.31. The van der Waals surface area contributed by atoms with E-state index in [1.165, 1.54) is 6.20 Å². The molecule has 6 heteroatoms. The normalized spacial score (nSPS) is 22.9. The van der Waals surface area contributed by atoms with Crippen molar-refractivity contribution >= 4 is 11.4 Å². The van der Waals surface area contributed by atoms with Crippen molar-refractivity contribution < 1.29 is 10.0 Å². The topological polar surface area (TPSA) is 79.5 Å². The molecule has 1 heterocycles. The predicted molar refractivity (Wildman–Crippen MR) is 62.9 cm³/mol. The number of aromatic nitrogens is 1. The van der Waals surface area contributed by atoms with E-state index in [1.807, 2.05) is 11.9 Å². The summed E-state index contributed by atoms with van der Waals surface area (Å²) in [5, 5.41) is 20.1. The molecule has 0 unspecified atom stereocenters. The molecule has 2 rings (SSSR count). The zero-order valence-electron chi connectivity index (χ0n) is 9.61. The number of aliphatic hydroxyl groups is 1. The van der Waals surface area contributed by atoms with Gasteiger partial charge in [-0.1, -0.05) is 0 Å². The number of rotatable bonds is 4. The highest BCUT2D eigenvalue weighted by atomic mass is 16.6. The van der Waals surface area contributed by atoms with Gasteiger partial charge in [0, 0.05) is 19.8 Å². The van der Waals surface area contributed by atoms with Gasteiger partial charge in [-0.3, -0.25) is 15.1 Å². The largest absolute Gasteiger partial charge is 0.393 e. The van der Waals surface area contributed by atoms with Crippen LogP contribution in [0, 0.1) is 16.0 Å². The van der Waals surface area contributed by atoms with Crippen LogP contribution in [0.25, 0.3) is 0 Å². The van der Waals surface area contributed by atoms with Crippen LogP contribution < -0.4 is 4.90 Å². The lowest BCUT2D eigenvalue weighted by Crippen LogP contribution is -2.37. The van der Waals surface area contributed by atoms with Crippen LogP contribution in [0.4, 0.5) is 11.4 Å². The van der Waals surface area contributed by atoms with Crippen LogP contribution in [0.1, 0.15) is 12.8 Å². The molecule has 6 nitrogen and oxygen atoms in total. The average molecular weight is 237 g/mol. The maximum atomic E-state index is 10.8. The number of hydrogen-bond donors (Lipinski definition) is 1. The van der Waals surface area contributed by atoms with E-state index in [1.54, 1.807) is 12.3 Å². The van der Waals surface area contributed by atoms with E-state index < -0.39 is 4.92 Å². The van der Waals surface area contributed by atoms with Gasteiger partial charge in [0.2, 0.25) is 0 Å². The minimum absolute atomic E-state index is 0.0230. The van der Waals surface area contributed by atoms with Crippen molar-refractivity contribution in [2.75, 3.05) is 18.5 Å². The number of pyridine rings is 1. The number of anilines is 1. The Hall–Kier alpha value is -1.69. The highest BCUT2D eigenvalue weighted by molar-refractivity contribution is 5.61. The number of nitro groups is 1. The second kappa shape index (κ2) is 4.67. The van der Waals surface area contributed by atoms with E-state index in [9.17, 15) is 15.2 Å². The lowest BCUT2D eigenvalue weighted by atomic mass is 9.82. The lowest BCUT2D eigenvalue weighted by Gasteiger charge is -2.34. The summed E-state index contributed by atoms with van der Waals surface area (Å²) < 4.78 is 0. The maximum Gasteiger partial charge on any atom is 0.310 e. The highest BCUT2D eigenvalue weighted by Gasteiger charge is 2.29. The molecule has 1 aliphatic carbocycles. The summed E-state index contributed by atoms with van der Waals surface area (Å²) in [6, 6.07) is 1.65. The number of aliphatic hydroxyl groups excluding tert-OH is 1. The molecule has 0 aromatic carbocycles. The molecule has 1 N–H and O–H groups in total. The Labute approximate surface area is 99.0 Å². The lowest BCUT2D eigenvalue weighted by molar-refractivity contribution is -0.384. The van der Waals surface area contributed by atoms with Crippen molar-refractivity contribution in [3.63, 3.8) is 0 Å². The van der Waals surface area contributed by atoms with Crippen LogP contribution in [-0.4, -0.2) is 34.7 Å². The van der Waals surface area contributed by atoms with E-state index in [0.717, 1.165) is 19.4 Å². The molecule has 1 saturated carbocycles. The van der Waals surface area contributed by atoms with Gasteiger partial charge in [0.25, 0.3) is 0 Å². The molecule has 0 saturated heterocycles. The number of hydrogen-bond acceptors (Lipinski definition) is 5. The van der Waals surface area contributed by atoms with Gasteiger partial charge in [0.1, 0.15) is 11.9 Å². The molecule has 0 aliphatic heterocycles. The Kier molecular flexibility index (Phi) is 3.23. The van der Waals surface area contributed by atoms with Crippen LogP contribution in [0.5, 0.6) is 0 Å². The minimum Gasteiger partial charge on any atom is -0.393 e. The molecule has 1 aromatic rings. The molecule has 0 radical (unpaired) electrons. The molecule has 1 aromatic heterocycles. The molecule has 0 atom stereocenters. The molecule has 1 fully saturated rings. The van der Waals surface area contributed by atoms with Gasteiger partial charge in [-0.05, 0) is 24.8 Å². The van der Waals surface area contributed by atoms with Crippen LogP contribution in [0.3, 0.4) is 0 Å². The Morgan fingerprint density at radius 3 is 2.94 bits per heavy atom. The van der Waals surface area contributed by atoms with Crippen LogP contribution in [-0.2, 0) is 0 Å². The summed E-state index contributed by atoms with van der Waals surface area (Å²) in [5.41, 5.74) is 0.598. The first-order valence-electron chi connectivity index (χ1n) is 5.55. The summed E-state index contributed by atoms with van der Waals surface area (Å²) in [6.07, 6.45) is 4.18. The molecule has 1 aliphatic rings. The summed E-state index contributed by atoms with van der Waals surface area (Å²) in [6.45, 7) is 0.724. The summed E-state index contributed by atoms with van der Waals surface area (Å²) in [5.74, 6) is 0.419. The second-order valence-electron chi connectivity index (χ2n) is 4.49. The van der Waals surface area contributed by atoms with E-state index >= 15 is 0 Å². The van der Waals surface area contributed by atoms with Gasteiger partial charge in [0.15, 0.2) is 0 Å². The fraction of sp³-hybridized carbons (Fsp3) is 0.545. The Morgan fingerprint density at radius 2 is 2.35 bits per heavy atom. The zero-order chi connectivity index (χ0) is 12.4. The fourth-order valence-electron chi connectivity index (χ4n) is 2.18. The molecule has 92 valence electrons. The summed E-state index contributed by atoms with van der Waals surface area (Å²) in [4.78, 5) is 16.0.